The molecule has 1 atom stereocenters. The van der Waals surface area contributed by atoms with Crippen LogP contribution >= 0.6 is 0 Å². The molecule has 2 amide bonds. The summed E-state index contributed by atoms with van der Waals surface area (Å²) in [6.07, 6.45) is 5.36. The fraction of sp³-hybridized carbons (Fsp3) is 0.846. The Kier molecular flexibility index (Phi) is 4.09. The monoisotopic (exact) mass is 302 g/mol. The predicted molar refractivity (Wildman–Crippen MR) is 74.8 cm³/mol. The number of sulfone groups is 1. The normalized spacial score (nSPS) is 24.6. The number of carbonyl (C=O) groups excluding carboxylic acids is 2. The van der Waals surface area contributed by atoms with Crippen molar-refractivity contribution in [3.8, 4) is 0 Å². The summed E-state index contributed by atoms with van der Waals surface area (Å²) in [5.74, 6) is -0.415. The maximum absolute atomic E-state index is 12.7. The van der Waals surface area contributed by atoms with Crippen molar-refractivity contribution in [2.75, 3.05) is 18.6 Å². The Bertz CT molecular complexity index is 508. The molecular formula is C13H22N2O4S. The fourth-order valence-electron chi connectivity index (χ4n) is 3.24. The molecule has 1 aliphatic carbocycles. The molecule has 1 aliphatic heterocycles. The Morgan fingerprint density at radius 1 is 1.25 bits per heavy atom. The van der Waals surface area contributed by atoms with Crippen LogP contribution in [0.4, 0.5) is 0 Å². The molecule has 2 aliphatic rings. The van der Waals surface area contributed by atoms with Gasteiger partial charge in [-0.1, -0.05) is 19.3 Å². The first-order valence-electron chi connectivity index (χ1n) is 7.03. The van der Waals surface area contributed by atoms with Crippen molar-refractivity contribution in [3.05, 3.63) is 0 Å². The molecule has 1 N–H and O–H groups in total. The van der Waals surface area contributed by atoms with E-state index in [4.69, 9.17) is 0 Å². The highest BCUT2D eigenvalue weighted by Gasteiger charge is 2.48. The van der Waals surface area contributed by atoms with Crippen LogP contribution in [0.15, 0.2) is 0 Å². The van der Waals surface area contributed by atoms with Gasteiger partial charge in [-0.3, -0.25) is 9.59 Å². The zero-order valence-corrected chi connectivity index (χ0v) is 12.8. The van der Waals surface area contributed by atoms with Crippen molar-refractivity contribution in [1.82, 2.24) is 10.2 Å². The lowest BCUT2D eigenvalue weighted by atomic mass is 9.79. The van der Waals surface area contributed by atoms with Crippen LogP contribution in [0.2, 0.25) is 0 Å². The van der Waals surface area contributed by atoms with Gasteiger partial charge in [0.2, 0.25) is 11.8 Å². The standard InChI is InChI=1S/C13H22N2O4S/c1-10(9-20(2,18)19)15-8-11(16)14-13(12(15)17)6-4-3-5-7-13/h10H,3-9H2,1-2H3,(H,14,16). The van der Waals surface area contributed by atoms with Crippen LogP contribution in [-0.2, 0) is 19.4 Å². The van der Waals surface area contributed by atoms with Gasteiger partial charge in [-0.2, -0.15) is 0 Å². The van der Waals surface area contributed by atoms with Crippen LogP contribution in [0, 0.1) is 0 Å². The number of nitrogens with one attached hydrogen (secondary N) is 1. The third-order valence-corrected chi connectivity index (χ3v) is 5.23. The van der Waals surface area contributed by atoms with Gasteiger partial charge in [0, 0.05) is 12.3 Å². The van der Waals surface area contributed by atoms with Crippen LogP contribution in [0.1, 0.15) is 39.0 Å². The molecule has 2 fully saturated rings. The molecule has 1 spiro atoms. The van der Waals surface area contributed by atoms with Gasteiger partial charge in [-0.25, -0.2) is 8.42 Å². The van der Waals surface area contributed by atoms with E-state index in [1.54, 1.807) is 6.92 Å². The topological polar surface area (TPSA) is 83.6 Å². The smallest absolute Gasteiger partial charge is 0.249 e. The van der Waals surface area contributed by atoms with Gasteiger partial charge in [0.25, 0.3) is 0 Å². The van der Waals surface area contributed by atoms with Gasteiger partial charge in [0.15, 0.2) is 0 Å². The molecule has 0 aromatic rings. The first-order valence-corrected chi connectivity index (χ1v) is 9.09. The molecule has 114 valence electrons. The molecule has 7 heteroatoms. The number of carbonyl (C=O) groups is 2. The minimum atomic E-state index is -3.18. The van der Waals surface area contributed by atoms with Crippen LogP contribution in [0.3, 0.4) is 0 Å². The Balaban J connectivity index is 2.20. The summed E-state index contributed by atoms with van der Waals surface area (Å²) < 4.78 is 22.8. The molecule has 1 saturated heterocycles. The van der Waals surface area contributed by atoms with Gasteiger partial charge in [-0.05, 0) is 19.8 Å². The second-order valence-corrected chi connectivity index (χ2v) is 8.25. The van der Waals surface area contributed by atoms with Crippen molar-refractivity contribution in [2.24, 2.45) is 0 Å². The summed E-state index contributed by atoms with van der Waals surface area (Å²) in [6.45, 7) is 1.64. The van der Waals surface area contributed by atoms with E-state index >= 15 is 0 Å². The number of piperazine rings is 1. The summed E-state index contributed by atoms with van der Waals surface area (Å²) in [5.41, 5.74) is -0.792. The quantitative estimate of drug-likeness (QED) is 0.800. The Morgan fingerprint density at radius 3 is 2.40 bits per heavy atom. The average molecular weight is 302 g/mol. The number of hydrogen-bond donors (Lipinski definition) is 1. The first kappa shape index (κ1) is 15.3. The molecule has 20 heavy (non-hydrogen) atoms. The highest BCUT2D eigenvalue weighted by molar-refractivity contribution is 7.90. The second kappa shape index (κ2) is 5.35. The summed E-state index contributed by atoms with van der Waals surface area (Å²) in [4.78, 5) is 26.0. The fourth-order valence-corrected chi connectivity index (χ4v) is 4.30. The molecule has 1 unspecified atom stereocenters. The SMILES string of the molecule is CC(CS(C)(=O)=O)N1CC(=O)NC2(CCCCC2)C1=O. The van der Waals surface area contributed by atoms with Crippen LogP contribution in [-0.4, -0.2) is 55.3 Å². The Labute approximate surface area is 119 Å². The highest BCUT2D eigenvalue weighted by Crippen LogP contribution is 2.32. The third-order valence-electron chi connectivity index (χ3n) is 4.15. The van der Waals surface area contributed by atoms with E-state index in [1.165, 1.54) is 4.90 Å². The molecule has 2 rings (SSSR count). The molecule has 0 radical (unpaired) electrons. The zero-order chi connectivity index (χ0) is 15.0. The van der Waals surface area contributed by atoms with Crippen LogP contribution in [0.5, 0.6) is 0 Å². The molecule has 0 aromatic carbocycles. The van der Waals surface area contributed by atoms with Crippen molar-refractivity contribution in [1.29, 1.82) is 0 Å². The molecule has 0 bridgehead atoms. The van der Waals surface area contributed by atoms with E-state index in [0.29, 0.717) is 12.8 Å². The van der Waals surface area contributed by atoms with Gasteiger partial charge < -0.3 is 10.2 Å². The van der Waals surface area contributed by atoms with Crippen molar-refractivity contribution >= 4 is 21.7 Å². The Hall–Kier alpha value is -1.11. The van der Waals surface area contributed by atoms with E-state index in [1.807, 2.05) is 0 Å². The minimum absolute atomic E-state index is 0.0444. The van der Waals surface area contributed by atoms with Gasteiger partial charge >= 0.3 is 0 Å². The minimum Gasteiger partial charge on any atom is -0.340 e. The van der Waals surface area contributed by atoms with E-state index < -0.39 is 21.4 Å². The second-order valence-electron chi connectivity index (χ2n) is 6.07. The van der Waals surface area contributed by atoms with Gasteiger partial charge in [-0.15, -0.1) is 0 Å². The predicted octanol–water partition coefficient (Wildman–Crippen LogP) is 0.0808. The average Bonchev–Trinajstić information content (AvgIpc) is 2.32. The van der Waals surface area contributed by atoms with Crippen molar-refractivity contribution < 1.29 is 18.0 Å². The molecule has 1 saturated carbocycles. The maximum atomic E-state index is 12.7. The lowest BCUT2D eigenvalue weighted by Crippen LogP contribution is -2.69. The number of amides is 2. The molecule has 0 aromatic heterocycles. The number of hydrogen-bond acceptors (Lipinski definition) is 4. The molecule has 1 heterocycles. The van der Waals surface area contributed by atoms with E-state index in [-0.39, 0.29) is 24.1 Å². The van der Waals surface area contributed by atoms with Crippen LogP contribution < -0.4 is 5.32 Å². The molecule has 6 nitrogen and oxygen atoms in total. The van der Waals surface area contributed by atoms with Crippen molar-refractivity contribution in [3.63, 3.8) is 0 Å². The number of rotatable bonds is 3. The van der Waals surface area contributed by atoms with Crippen molar-refractivity contribution in [2.45, 2.75) is 50.6 Å². The van der Waals surface area contributed by atoms with E-state index in [0.717, 1.165) is 25.5 Å². The van der Waals surface area contributed by atoms with E-state index in [2.05, 4.69) is 5.32 Å². The summed E-state index contributed by atoms with van der Waals surface area (Å²) in [6, 6.07) is -0.470. The lowest BCUT2D eigenvalue weighted by molar-refractivity contribution is -0.153. The van der Waals surface area contributed by atoms with Gasteiger partial charge in [0.1, 0.15) is 15.4 Å². The summed E-state index contributed by atoms with van der Waals surface area (Å²) >= 11 is 0. The summed E-state index contributed by atoms with van der Waals surface area (Å²) in [7, 11) is -3.18. The van der Waals surface area contributed by atoms with Crippen LogP contribution in [0.25, 0.3) is 0 Å². The zero-order valence-electron chi connectivity index (χ0n) is 12.0. The maximum Gasteiger partial charge on any atom is 0.249 e. The lowest BCUT2D eigenvalue weighted by Gasteiger charge is -2.45. The number of nitrogens with zero attached hydrogens (tertiary/aromatic N) is 1. The highest BCUT2D eigenvalue weighted by atomic mass is 32.2. The summed E-state index contributed by atoms with van der Waals surface area (Å²) in [5, 5.41) is 2.85. The Morgan fingerprint density at radius 2 is 1.85 bits per heavy atom. The largest absolute Gasteiger partial charge is 0.340 e. The third kappa shape index (κ3) is 3.13. The molecular weight excluding hydrogens is 280 g/mol. The van der Waals surface area contributed by atoms with E-state index in [9.17, 15) is 18.0 Å². The van der Waals surface area contributed by atoms with Gasteiger partial charge in [0.05, 0.1) is 12.3 Å². The first-order chi connectivity index (χ1) is 9.23.